The number of pyridine rings is 1. The third kappa shape index (κ3) is 3.89. The topological polar surface area (TPSA) is 57.7 Å². The monoisotopic (exact) mass is 321 g/mol. The predicted molar refractivity (Wildman–Crippen MR) is 83.5 cm³/mol. The Balaban J connectivity index is 2.24. The molecule has 0 N–H and O–H groups in total. The van der Waals surface area contributed by atoms with Gasteiger partial charge < -0.3 is 14.2 Å². The van der Waals surface area contributed by atoms with Crippen LogP contribution < -0.4 is 14.2 Å². The number of ether oxygens (including phenoxy) is 3. The second-order valence-corrected chi connectivity index (χ2v) is 5.16. The molecule has 1 heterocycles. The smallest absolute Gasteiger partial charge is 0.233 e. The summed E-state index contributed by atoms with van der Waals surface area (Å²) in [6.07, 6.45) is 2.23. The van der Waals surface area contributed by atoms with Crippen LogP contribution in [0.3, 0.4) is 0 Å². The van der Waals surface area contributed by atoms with Gasteiger partial charge in [0.1, 0.15) is 17.1 Å². The van der Waals surface area contributed by atoms with Crippen molar-refractivity contribution >= 4 is 17.9 Å². The Labute approximate surface area is 133 Å². The third-order valence-electron chi connectivity index (χ3n) is 2.68. The summed E-state index contributed by atoms with van der Waals surface area (Å²) in [7, 11) is 1.50. The van der Waals surface area contributed by atoms with Gasteiger partial charge in [0.05, 0.1) is 19.4 Å². The molecule has 6 heteroatoms. The molecule has 0 saturated heterocycles. The van der Waals surface area contributed by atoms with Gasteiger partial charge >= 0.3 is 0 Å². The Morgan fingerprint density at radius 2 is 2.00 bits per heavy atom. The van der Waals surface area contributed by atoms with Gasteiger partial charge in [-0.2, -0.15) is 0 Å². The number of hydrogen-bond acceptors (Lipinski definition) is 5. The van der Waals surface area contributed by atoms with Crippen LogP contribution in [0.4, 0.5) is 0 Å². The number of halogens is 1. The zero-order chi connectivity index (χ0) is 16.1. The highest BCUT2D eigenvalue weighted by Gasteiger charge is 2.11. The summed E-state index contributed by atoms with van der Waals surface area (Å²) < 4.78 is 16.4. The standard InChI is InChI=1S/C16H16ClNO4/c1-10(2)21-16-13(17)7-12(8-18-16)22-14-5-4-11(9-19)6-15(14)20-3/h4-10H,1-3H3. The first-order chi connectivity index (χ1) is 10.5. The average Bonchev–Trinajstić information content (AvgIpc) is 2.50. The van der Waals surface area contributed by atoms with E-state index in [2.05, 4.69) is 4.98 Å². The zero-order valence-electron chi connectivity index (χ0n) is 12.5. The molecule has 0 aliphatic rings. The number of nitrogens with zero attached hydrogens (tertiary/aromatic N) is 1. The van der Waals surface area contributed by atoms with Crippen molar-refractivity contribution in [3.05, 3.63) is 41.0 Å². The Morgan fingerprint density at radius 3 is 2.59 bits per heavy atom. The molecule has 0 spiro atoms. The fraction of sp³-hybridized carbons (Fsp3) is 0.250. The summed E-state index contributed by atoms with van der Waals surface area (Å²) in [5, 5.41) is 0.356. The van der Waals surface area contributed by atoms with E-state index in [0.717, 1.165) is 6.29 Å². The number of methoxy groups -OCH3 is 1. The molecule has 0 unspecified atom stereocenters. The van der Waals surface area contributed by atoms with Gasteiger partial charge in [-0.25, -0.2) is 4.98 Å². The van der Waals surface area contributed by atoms with Crippen LogP contribution in [-0.2, 0) is 0 Å². The highest BCUT2D eigenvalue weighted by Crippen LogP contribution is 2.34. The fourth-order valence-corrected chi connectivity index (χ4v) is 1.94. The second kappa shape index (κ2) is 7.13. The first kappa shape index (κ1) is 16.1. The molecule has 1 aromatic carbocycles. The number of hydrogen-bond donors (Lipinski definition) is 0. The third-order valence-corrected chi connectivity index (χ3v) is 2.95. The minimum Gasteiger partial charge on any atom is -0.493 e. The molecule has 2 rings (SSSR count). The Hall–Kier alpha value is -2.27. The molecular formula is C16H16ClNO4. The average molecular weight is 322 g/mol. The van der Waals surface area contributed by atoms with Crippen molar-refractivity contribution in [3.8, 4) is 23.1 Å². The lowest BCUT2D eigenvalue weighted by molar-refractivity contribution is 0.112. The molecule has 5 nitrogen and oxygen atoms in total. The van der Waals surface area contributed by atoms with E-state index in [1.165, 1.54) is 13.3 Å². The van der Waals surface area contributed by atoms with Gasteiger partial charge in [0.25, 0.3) is 0 Å². The molecule has 0 aliphatic carbocycles. The van der Waals surface area contributed by atoms with Crippen LogP contribution in [-0.4, -0.2) is 24.5 Å². The number of rotatable bonds is 6. The van der Waals surface area contributed by atoms with Gasteiger partial charge in [-0.15, -0.1) is 0 Å². The van der Waals surface area contributed by atoms with E-state index in [1.54, 1.807) is 24.3 Å². The molecule has 0 atom stereocenters. The lowest BCUT2D eigenvalue weighted by atomic mass is 10.2. The molecule has 0 amide bonds. The maximum atomic E-state index is 10.8. The minimum atomic E-state index is -0.0206. The van der Waals surface area contributed by atoms with Crippen molar-refractivity contribution in [1.29, 1.82) is 0 Å². The predicted octanol–water partition coefficient (Wildman–Crippen LogP) is 4.14. The number of aromatic nitrogens is 1. The Bertz CT molecular complexity index is 673. The highest BCUT2D eigenvalue weighted by atomic mass is 35.5. The number of aldehydes is 1. The minimum absolute atomic E-state index is 0.0206. The number of benzene rings is 1. The number of carbonyl (C=O) groups is 1. The van der Waals surface area contributed by atoms with Gasteiger partial charge in [0.2, 0.25) is 5.88 Å². The van der Waals surface area contributed by atoms with Crippen LogP contribution in [0.5, 0.6) is 23.1 Å². The van der Waals surface area contributed by atoms with Crippen molar-refractivity contribution in [2.75, 3.05) is 7.11 Å². The van der Waals surface area contributed by atoms with Crippen LogP contribution >= 0.6 is 11.6 Å². The summed E-state index contributed by atoms with van der Waals surface area (Å²) in [6, 6.07) is 6.48. The van der Waals surface area contributed by atoms with Crippen molar-refractivity contribution in [2.24, 2.45) is 0 Å². The van der Waals surface area contributed by atoms with E-state index in [1.807, 2.05) is 13.8 Å². The van der Waals surface area contributed by atoms with Crippen LogP contribution in [0.1, 0.15) is 24.2 Å². The van der Waals surface area contributed by atoms with E-state index < -0.39 is 0 Å². The summed E-state index contributed by atoms with van der Waals surface area (Å²) >= 11 is 6.12. The van der Waals surface area contributed by atoms with Gasteiger partial charge in [0, 0.05) is 11.6 Å². The fourth-order valence-electron chi connectivity index (χ4n) is 1.74. The molecule has 0 bridgehead atoms. The lowest BCUT2D eigenvalue weighted by Gasteiger charge is -2.13. The van der Waals surface area contributed by atoms with Gasteiger partial charge in [-0.3, -0.25) is 4.79 Å². The first-order valence-electron chi connectivity index (χ1n) is 6.66. The van der Waals surface area contributed by atoms with E-state index in [9.17, 15) is 4.79 Å². The first-order valence-corrected chi connectivity index (χ1v) is 7.04. The summed E-state index contributed by atoms with van der Waals surface area (Å²) in [5.41, 5.74) is 0.501. The van der Waals surface area contributed by atoms with Crippen LogP contribution in [0.15, 0.2) is 30.5 Å². The van der Waals surface area contributed by atoms with Crippen molar-refractivity contribution < 1.29 is 19.0 Å². The molecule has 1 aromatic heterocycles. The highest BCUT2D eigenvalue weighted by molar-refractivity contribution is 6.31. The maximum Gasteiger partial charge on any atom is 0.233 e. The summed E-state index contributed by atoms with van der Waals surface area (Å²) in [4.78, 5) is 14.9. The molecule has 2 aromatic rings. The summed E-state index contributed by atoms with van der Waals surface area (Å²) in [5.74, 6) is 1.71. The largest absolute Gasteiger partial charge is 0.493 e. The summed E-state index contributed by atoms with van der Waals surface area (Å²) in [6.45, 7) is 3.78. The molecule has 0 fully saturated rings. The number of carbonyl (C=O) groups excluding carboxylic acids is 1. The molecule has 0 aliphatic heterocycles. The Kier molecular flexibility index (Phi) is 5.22. The van der Waals surface area contributed by atoms with Crippen molar-refractivity contribution in [1.82, 2.24) is 4.98 Å². The van der Waals surface area contributed by atoms with Crippen LogP contribution in [0.2, 0.25) is 5.02 Å². The quantitative estimate of drug-likeness (QED) is 0.748. The Morgan fingerprint density at radius 1 is 1.23 bits per heavy atom. The molecule has 0 radical (unpaired) electrons. The lowest BCUT2D eigenvalue weighted by Crippen LogP contribution is -2.07. The zero-order valence-corrected chi connectivity index (χ0v) is 13.3. The SMILES string of the molecule is COc1cc(C=O)ccc1Oc1cnc(OC(C)C)c(Cl)c1. The molecule has 116 valence electrons. The van der Waals surface area contributed by atoms with Gasteiger partial charge in [0.15, 0.2) is 11.5 Å². The van der Waals surface area contributed by atoms with Crippen LogP contribution in [0.25, 0.3) is 0 Å². The van der Waals surface area contributed by atoms with E-state index in [-0.39, 0.29) is 6.10 Å². The van der Waals surface area contributed by atoms with Gasteiger partial charge in [-0.1, -0.05) is 11.6 Å². The second-order valence-electron chi connectivity index (χ2n) is 4.75. The maximum absolute atomic E-state index is 10.8. The van der Waals surface area contributed by atoms with E-state index >= 15 is 0 Å². The van der Waals surface area contributed by atoms with E-state index in [0.29, 0.717) is 33.7 Å². The van der Waals surface area contributed by atoms with Crippen molar-refractivity contribution in [2.45, 2.75) is 20.0 Å². The molecule has 0 saturated carbocycles. The van der Waals surface area contributed by atoms with Crippen LogP contribution in [0, 0.1) is 0 Å². The molecular weight excluding hydrogens is 306 g/mol. The van der Waals surface area contributed by atoms with Gasteiger partial charge in [-0.05, 0) is 32.0 Å². The normalized spacial score (nSPS) is 10.4. The molecule has 22 heavy (non-hydrogen) atoms. The van der Waals surface area contributed by atoms with Crippen molar-refractivity contribution in [3.63, 3.8) is 0 Å². The van der Waals surface area contributed by atoms with E-state index in [4.69, 9.17) is 25.8 Å².